The van der Waals surface area contributed by atoms with Gasteiger partial charge in [-0.25, -0.2) is 0 Å². The van der Waals surface area contributed by atoms with Gasteiger partial charge in [-0.3, -0.25) is 4.79 Å². The highest BCUT2D eigenvalue weighted by Crippen LogP contribution is 2.15. The number of aryl methyl sites for hydroxylation is 1. The highest BCUT2D eigenvalue weighted by atomic mass is 16.5. The van der Waals surface area contributed by atoms with Gasteiger partial charge in [0.15, 0.2) is 5.78 Å². The van der Waals surface area contributed by atoms with Gasteiger partial charge in [-0.15, -0.1) is 0 Å². The maximum Gasteiger partial charge on any atom is 0.176 e. The summed E-state index contributed by atoms with van der Waals surface area (Å²) in [6.45, 7) is 1.65. The zero-order valence-corrected chi connectivity index (χ0v) is 16.8. The summed E-state index contributed by atoms with van der Waals surface area (Å²) in [7, 11) is 1.67. The SMILES string of the molecule is COc1cccc(CCCNCC(=O)c2ccc(OCc3ccccc3)cc2)c1. The Morgan fingerprint density at radius 2 is 1.62 bits per heavy atom. The van der Waals surface area contributed by atoms with Crippen LogP contribution in [0, 0.1) is 0 Å². The molecule has 0 aliphatic rings. The number of hydrogen-bond donors (Lipinski definition) is 1. The first kappa shape index (κ1) is 20.6. The second kappa shape index (κ2) is 11.0. The molecule has 1 N–H and O–H groups in total. The molecule has 150 valence electrons. The Labute approximate surface area is 172 Å². The average molecular weight is 389 g/mol. The van der Waals surface area contributed by atoms with Crippen molar-refractivity contribution in [3.63, 3.8) is 0 Å². The van der Waals surface area contributed by atoms with Crippen molar-refractivity contribution in [3.05, 3.63) is 95.6 Å². The van der Waals surface area contributed by atoms with Crippen LogP contribution in [-0.4, -0.2) is 26.0 Å². The van der Waals surface area contributed by atoms with Crippen LogP contribution in [0.25, 0.3) is 0 Å². The minimum absolute atomic E-state index is 0.0842. The molecule has 0 heterocycles. The van der Waals surface area contributed by atoms with Gasteiger partial charge in [0.2, 0.25) is 0 Å². The topological polar surface area (TPSA) is 47.6 Å². The Hall–Kier alpha value is -3.11. The van der Waals surface area contributed by atoms with E-state index in [9.17, 15) is 4.79 Å². The number of methoxy groups -OCH3 is 1. The Morgan fingerprint density at radius 3 is 2.38 bits per heavy atom. The van der Waals surface area contributed by atoms with E-state index in [4.69, 9.17) is 9.47 Å². The second-order valence-corrected chi connectivity index (χ2v) is 6.85. The van der Waals surface area contributed by atoms with Crippen molar-refractivity contribution in [2.75, 3.05) is 20.2 Å². The Morgan fingerprint density at radius 1 is 0.862 bits per heavy atom. The monoisotopic (exact) mass is 389 g/mol. The predicted octanol–water partition coefficient (Wildman–Crippen LogP) is 4.68. The minimum Gasteiger partial charge on any atom is -0.497 e. The smallest absolute Gasteiger partial charge is 0.176 e. The van der Waals surface area contributed by atoms with Gasteiger partial charge in [-0.2, -0.15) is 0 Å². The predicted molar refractivity (Wildman–Crippen MR) is 116 cm³/mol. The van der Waals surface area contributed by atoms with Crippen molar-refractivity contribution in [1.82, 2.24) is 5.32 Å². The van der Waals surface area contributed by atoms with Crippen LogP contribution in [-0.2, 0) is 13.0 Å². The molecular weight excluding hydrogens is 362 g/mol. The first-order chi connectivity index (χ1) is 14.2. The number of benzene rings is 3. The summed E-state index contributed by atoms with van der Waals surface area (Å²) >= 11 is 0. The number of ketones is 1. The molecule has 0 radical (unpaired) electrons. The molecule has 3 aromatic carbocycles. The fourth-order valence-electron chi connectivity index (χ4n) is 3.03. The average Bonchev–Trinajstić information content (AvgIpc) is 2.78. The van der Waals surface area contributed by atoms with E-state index in [0.29, 0.717) is 18.7 Å². The van der Waals surface area contributed by atoms with Crippen LogP contribution < -0.4 is 14.8 Å². The second-order valence-electron chi connectivity index (χ2n) is 6.85. The van der Waals surface area contributed by atoms with Crippen molar-refractivity contribution >= 4 is 5.78 Å². The molecule has 4 heteroatoms. The lowest BCUT2D eigenvalue weighted by atomic mass is 10.1. The third-order valence-corrected chi connectivity index (χ3v) is 4.66. The number of carbonyl (C=O) groups is 1. The standard InChI is InChI=1S/C25H27NO3/c1-28-24-11-5-9-20(17-24)10-6-16-26-18-25(27)22-12-14-23(15-13-22)29-19-21-7-3-2-4-8-21/h2-5,7-9,11-15,17,26H,6,10,16,18-19H2,1H3. The van der Waals surface area contributed by atoms with Crippen molar-refractivity contribution in [2.24, 2.45) is 0 Å². The molecule has 0 spiro atoms. The fourth-order valence-corrected chi connectivity index (χ4v) is 3.03. The highest BCUT2D eigenvalue weighted by molar-refractivity contribution is 5.97. The van der Waals surface area contributed by atoms with E-state index in [0.717, 1.165) is 36.4 Å². The molecule has 0 aliphatic heterocycles. The summed E-state index contributed by atoms with van der Waals surface area (Å²) in [4.78, 5) is 12.3. The summed E-state index contributed by atoms with van der Waals surface area (Å²) < 4.78 is 11.0. The molecule has 4 nitrogen and oxygen atoms in total. The molecule has 0 aromatic heterocycles. The van der Waals surface area contributed by atoms with Gasteiger partial charge in [-0.1, -0.05) is 42.5 Å². The number of hydrogen-bond acceptors (Lipinski definition) is 4. The lowest BCUT2D eigenvalue weighted by molar-refractivity contribution is 0.0991. The third-order valence-electron chi connectivity index (χ3n) is 4.66. The summed E-state index contributed by atoms with van der Waals surface area (Å²) in [6.07, 6.45) is 1.92. The van der Waals surface area contributed by atoms with Crippen LogP contribution in [0.3, 0.4) is 0 Å². The van der Waals surface area contributed by atoms with Crippen molar-refractivity contribution < 1.29 is 14.3 Å². The fraction of sp³-hybridized carbons (Fsp3) is 0.240. The number of ether oxygens (including phenoxy) is 2. The Bertz CT molecular complexity index is 891. The van der Waals surface area contributed by atoms with Gasteiger partial charge in [0.25, 0.3) is 0 Å². The molecule has 0 fully saturated rings. The van der Waals surface area contributed by atoms with Crippen LogP contribution in [0.2, 0.25) is 0 Å². The Balaban J connectivity index is 1.36. The van der Waals surface area contributed by atoms with E-state index in [1.807, 2.05) is 72.8 Å². The molecule has 0 unspecified atom stereocenters. The zero-order valence-electron chi connectivity index (χ0n) is 16.8. The first-order valence-electron chi connectivity index (χ1n) is 9.88. The lowest BCUT2D eigenvalue weighted by Gasteiger charge is -2.08. The molecule has 0 bridgehead atoms. The van der Waals surface area contributed by atoms with E-state index in [1.54, 1.807) is 7.11 Å². The van der Waals surface area contributed by atoms with E-state index in [1.165, 1.54) is 5.56 Å². The van der Waals surface area contributed by atoms with Gasteiger partial charge in [0, 0.05) is 5.56 Å². The number of nitrogens with one attached hydrogen (secondary N) is 1. The van der Waals surface area contributed by atoms with Crippen LogP contribution in [0.4, 0.5) is 0 Å². The van der Waals surface area contributed by atoms with Crippen molar-refractivity contribution in [3.8, 4) is 11.5 Å². The molecule has 29 heavy (non-hydrogen) atoms. The molecule has 3 rings (SSSR count). The molecule has 0 amide bonds. The maximum absolute atomic E-state index is 12.3. The number of Topliss-reactive ketones (excluding diaryl/α,β-unsaturated/α-hetero) is 1. The van der Waals surface area contributed by atoms with Gasteiger partial charge in [-0.05, 0) is 66.9 Å². The van der Waals surface area contributed by atoms with E-state index < -0.39 is 0 Å². The molecule has 0 saturated heterocycles. The van der Waals surface area contributed by atoms with Gasteiger partial charge in [0.05, 0.1) is 13.7 Å². The van der Waals surface area contributed by atoms with Crippen LogP contribution in [0.5, 0.6) is 11.5 Å². The van der Waals surface area contributed by atoms with Crippen LogP contribution in [0.1, 0.15) is 27.9 Å². The normalized spacial score (nSPS) is 10.5. The quantitative estimate of drug-likeness (QED) is 0.382. The lowest BCUT2D eigenvalue weighted by Crippen LogP contribution is -2.24. The van der Waals surface area contributed by atoms with Crippen LogP contribution in [0.15, 0.2) is 78.9 Å². The first-order valence-corrected chi connectivity index (χ1v) is 9.88. The number of carbonyl (C=O) groups excluding carboxylic acids is 1. The summed E-state index contributed by atoms with van der Waals surface area (Å²) in [5, 5.41) is 3.23. The third kappa shape index (κ3) is 6.77. The highest BCUT2D eigenvalue weighted by Gasteiger charge is 2.06. The summed E-state index contributed by atoms with van der Waals surface area (Å²) in [5.41, 5.74) is 3.05. The summed E-state index contributed by atoms with van der Waals surface area (Å²) in [5.74, 6) is 1.72. The molecule has 3 aromatic rings. The molecule has 0 saturated carbocycles. The molecule has 0 aliphatic carbocycles. The summed E-state index contributed by atoms with van der Waals surface area (Å²) in [6, 6.07) is 25.4. The largest absolute Gasteiger partial charge is 0.497 e. The van der Waals surface area contributed by atoms with E-state index in [-0.39, 0.29) is 5.78 Å². The Kier molecular flexibility index (Phi) is 7.84. The molecular formula is C25H27NO3. The minimum atomic E-state index is 0.0842. The van der Waals surface area contributed by atoms with Crippen molar-refractivity contribution in [2.45, 2.75) is 19.4 Å². The van der Waals surface area contributed by atoms with Gasteiger partial charge < -0.3 is 14.8 Å². The molecule has 0 atom stereocenters. The maximum atomic E-state index is 12.3. The van der Waals surface area contributed by atoms with Gasteiger partial charge >= 0.3 is 0 Å². The van der Waals surface area contributed by atoms with E-state index in [2.05, 4.69) is 11.4 Å². The van der Waals surface area contributed by atoms with E-state index >= 15 is 0 Å². The zero-order chi connectivity index (χ0) is 20.3. The van der Waals surface area contributed by atoms with Crippen molar-refractivity contribution in [1.29, 1.82) is 0 Å². The van der Waals surface area contributed by atoms with Crippen LogP contribution >= 0.6 is 0 Å². The number of rotatable bonds is 11. The van der Waals surface area contributed by atoms with Gasteiger partial charge in [0.1, 0.15) is 18.1 Å².